The third kappa shape index (κ3) is 0.858. The fourth-order valence-electron chi connectivity index (χ4n) is 0.973. The number of aliphatic hydroxyl groups is 1. The fraction of sp³-hybridized carbons (Fsp3) is 1.00. The second kappa shape index (κ2) is 1.45. The van der Waals surface area contributed by atoms with Crippen LogP contribution in [0.1, 0.15) is 20.8 Å². The molecule has 1 heterocycles. The van der Waals surface area contributed by atoms with Gasteiger partial charge in [0, 0.05) is 0 Å². The van der Waals surface area contributed by atoms with Crippen molar-refractivity contribution in [1.29, 1.82) is 0 Å². The smallest absolute Gasteiger partial charge is 0.112 e. The Morgan fingerprint density at radius 1 is 1.62 bits per heavy atom. The Kier molecular flexibility index (Phi) is 1.10. The van der Waals surface area contributed by atoms with E-state index in [-0.39, 0.29) is 17.8 Å². The molecular formula is C6H12O2. The van der Waals surface area contributed by atoms with Crippen LogP contribution < -0.4 is 0 Å². The Hall–Kier alpha value is -0.0800. The average molecular weight is 116 g/mol. The molecule has 8 heavy (non-hydrogen) atoms. The zero-order chi connectivity index (χ0) is 6.36. The lowest BCUT2D eigenvalue weighted by Gasteiger charge is -1.97. The van der Waals surface area contributed by atoms with Crippen LogP contribution in [0.25, 0.3) is 0 Å². The van der Waals surface area contributed by atoms with Crippen molar-refractivity contribution in [2.45, 2.75) is 38.6 Å². The zero-order valence-corrected chi connectivity index (χ0v) is 5.51. The van der Waals surface area contributed by atoms with E-state index in [1.54, 1.807) is 6.92 Å². The molecule has 0 aromatic heterocycles. The Labute approximate surface area is 49.5 Å². The van der Waals surface area contributed by atoms with Gasteiger partial charge in [-0.1, -0.05) is 0 Å². The SMILES string of the molecule is C[C@@H](O)[C@@H]1OC1(C)C. The molecule has 1 saturated heterocycles. The average Bonchev–Trinajstić information content (AvgIpc) is 2.13. The van der Waals surface area contributed by atoms with Gasteiger partial charge in [-0.2, -0.15) is 0 Å². The zero-order valence-electron chi connectivity index (χ0n) is 5.51. The van der Waals surface area contributed by atoms with Crippen LogP contribution in [-0.2, 0) is 4.74 Å². The molecular weight excluding hydrogens is 104 g/mol. The summed E-state index contributed by atoms with van der Waals surface area (Å²) in [6.07, 6.45) is -0.243. The summed E-state index contributed by atoms with van der Waals surface area (Å²) in [5, 5.41) is 8.90. The molecule has 1 aliphatic heterocycles. The second-order valence-corrected chi connectivity index (χ2v) is 2.88. The van der Waals surface area contributed by atoms with Crippen LogP contribution in [0.3, 0.4) is 0 Å². The summed E-state index contributed by atoms with van der Waals surface area (Å²) >= 11 is 0. The maximum absolute atomic E-state index is 8.90. The first kappa shape index (κ1) is 6.05. The van der Waals surface area contributed by atoms with E-state index in [0.717, 1.165) is 0 Å². The minimum atomic E-state index is -0.315. The molecule has 0 bridgehead atoms. The van der Waals surface area contributed by atoms with E-state index in [2.05, 4.69) is 0 Å². The Bertz CT molecular complexity index is 96.7. The summed E-state index contributed by atoms with van der Waals surface area (Å²) in [6.45, 7) is 5.70. The minimum Gasteiger partial charge on any atom is -0.391 e. The highest BCUT2D eigenvalue weighted by Crippen LogP contribution is 2.37. The lowest BCUT2D eigenvalue weighted by molar-refractivity contribution is 0.152. The summed E-state index contributed by atoms with van der Waals surface area (Å²) in [5.74, 6) is 0. The molecule has 0 saturated carbocycles. The van der Waals surface area contributed by atoms with Gasteiger partial charge in [0.25, 0.3) is 0 Å². The van der Waals surface area contributed by atoms with Crippen LogP contribution in [0.4, 0.5) is 0 Å². The number of aliphatic hydroxyl groups excluding tert-OH is 1. The van der Waals surface area contributed by atoms with Gasteiger partial charge in [-0.15, -0.1) is 0 Å². The van der Waals surface area contributed by atoms with Crippen molar-refractivity contribution >= 4 is 0 Å². The second-order valence-electron chi connectivity index (χ2n) is 2.88. The predicted molar refractivity (Wildman–Crippen MR) is 30.6 cm³/mol. The van der Waals surface area contributed by atoms with E-state index in [4.69, 9.17) is 9.84 Å². The van der Waals surface area contributed by atoms with Crippen molar-refractivity contribution in [2.24, 2.45) is 0 Å². The Morgan fingerprint density at radius 3 is 2.00 bits per heavy atom. The molecule has 2 heteroatoms. The summed E-state index contributed by atoms with van der Waals surface area (Å²) in [6, 6.07) is 0. The van der Waals surface area contributed by atoms with E-state index < -0.39 is 0 Å². The number of ether oxygens (including phenoxy) is 1. The molecule has 2 atom stereocenters. The van der Waals surface area contributed by atoms with E-state index >= 15 is 0 Å². The van der Waals surface area contributed by atoms with Crippen LogP contribution >= 0.6 is 0 Å². The molecule has 2 nitrogen and oxygen atoms in total. The first-order valence-corrected chi connectivity index (χ1v) is 2.90. The Morgan fingerprint density at radius 2 is 2.00 bits per heavy atom. The van der Waals surface area contributed by atoms with Crippen LogP contribution in [0.5, 0.6) is 0 Å². The molecule has 0 unspecified atom stereocenters. The monoisotopic (exact) mass is 116 g/mol. The van der Waals surface area contributed by atoms with Crippen LogP contribution in [0.15, 0.2) is 0 Å². The normalized spacial score (nSPS) is 36.8. The molecule has 0 aromatic rings. The highest BCUT2D eigenvalue weighted by atomic mass is 16.6. The van der Waals surface area contributed by atoms with Crippen molar-refractivity contribution in [2.75, 3.05) is 0 Å². The predicted octanol–water partition coefficient (Wildman–Crippen LogP) is 0.545. The molecule has 1 aliphatic rings. The lowest BCUT2D eigenvalue weighted by Crippen LogP contribution is -2.15. The largest absolute Gasteiger partial charge is 0.391 e. The first-order chi connectivity index (χ1) is 3.54. The summed E-state index contributed by atoms with van der Waals surface area (Å²) in [5.41, 5.74) is -0.0613. The molecule has 0 aliphatic carbocycles. The van der Waals surface area contributed by atoms with Crippen molar-refractivity contribution in [1.82, 2.24) is 0 Å². The molecule has 0 spiro atoms. The Balaban J connectivity index is 2.37. The number of epoxide rings is 1. The highest BCUT2D eigenvalue weighted by molar-refractivity contribution is 4.97. The van der Waals surface area contributed by atoms with Gasteiger partial charge in [-0.3, -0.25) is 0 Å². The van der Waals surface area contributed by atoms with E-state index in [1.165, 1.54) is 0 Å². The van der Waals surface area contributed by atoms with Crippen LogP contribution in [0, 0.1) is 0 Å². The van der Waals surface area contributed by atoms with Gasteiger partial charge in [0.1, 0.15) is 6.10 Å². The summed E-state index contributed by atoms with van der Waals surface area (Å²) in [7, 11) is 0. The quantitative estimate of drug-likeness (QED) is 0.507. The van der Waals surface area contributed by atoms with Crippen molar-refractivity contribution in [3.8, 4) is 0 Å². The lowest BCUT2D eigenvalue weighted by atomic mass is 10.1. The standard InChI is InChI=1S/C6H12O2/c1-4(7)5-6(2,3)8-5/h4-5,7H,1-3H3/t4-,5+/m1/s1. The molecule has 0 aromatic carbocycles. The molecule has 0 amide bonds. The number of rotatable bonds is 1. The third-order valence-electron chi connectivity index (χ3n) is 1.50. The molecule has 0 radical (unpaired) electrons. The van der Waals surface area contributed by atoms with Gasteiger partial charge < -0.3 is 9.84 Å². The first-order valence-electron chi connectivity index (χ1n) is 2.90. The summed E-state index contributed by atoms with van der Waals surface area (Å²) < 4.78 is 5.12. The van der Waals surface area contributed by atoms with Crippen LogP contribution in [0.2, 0.25) is 0 Å². The van der Waals surface area contributed by atoms with Crippen molar-refractivity contribution in [3.63, 3.8) is 0 Å². The maximum atomic E-state index is 8.90. The van der Waals surface area contributed by atoms with Gasteiger partial charge in [-0.25, -0.2) is 0 Å². The van der Waals surface area contributed by atoms with Crippen LogP contribution in [-0.4, -0.2) is 22.9 Å². The number of hydrogen-bond acceptors (Lipinski definition) is 2. The molecule has 48 valence electrons. The van der Waals surface area contributed by atoms with Gasteiger partial charge in [-0.05, 0) is 20.8 Å². The van der Waals surface area contributed by atoms with Crippen molar-refractivity contribution < 1.29 is 9.84 Å². The van der Waals surface area contributed by atoms with Gasteiger partial charge in [0.05, 0.1) is 11.7 Å². The topological polar surface area (TPSA) is 32.8 Å². The van der Waals surface area contributed by atoms with Gasteiger partial charge >= 0.3 is 0 Å². The van der Waals surface area contributed by atoms with E-state index in [9.17, 15) is 0 Å². The maximum Gasteiger partial charge on any atom is 0.112 e. The van der Waals surface area contributed by atoms with Gasteiger partial charge in [0.15, 0.2) is 0 Å². The highest BCUT2D eigenvalue weighted by Gasteiger charge is 2.50. The van der Waals surface area contributed by atoms with E-state index in [1.807, 2.05) is 13.8 Å². The van der Waals surface area contributed by atoms with Crippen molar-refractivity contribution in [3.05, 3.63) is 0 Å². The molecule has 1 N–H and O–H groups in total. The third-order valence-corrected chi connectivity index (χ3v) is 1.50. The minimum absolute atomic E-state index is 0.0613. The van der Waals surface area contributed by atoms with Gasteiger partial charge in [0.2, 0.25) is 0 Å². The molecule has 1 rings (SSSR count). The van der Waals surface area contributed by atoms with E-state index in [0.29, 0.717) is 0 Å². The number of hydrogen-bond donors (Lipinski definition) is 1. The fourth-order valence-corrected chi connectivity index (χ4v) is 0.973. The summed E-state index contributed by atoms with van der Waals surface area (Å²) in [4.78, 5) is 0. The molecule has 1 fully saturated rings.